The molecule has 3 aromatic rings. The Morgan fingerprint density at radius 1 is 1.16 bits per heavy atom. The Hall–Kier alpha value is -3.69. The Kier molecular flexibility index (Phi) is 8.05. The van der Waals surface area contributed by atoms with Crippen molar-refractivity contribution < 1.29 is 23.4 Å². The van der Waals surface area contributed by atoms with Crippen molar-refractivity contribution in [1.29, 1.82) is 0 Å². The fourth-order valence-corrected chi connectivity index (χ4v) is 5.52. The molecule has 6 heteroatoms. The number of rotatable bonds is 8. The van der Waals surface area contributed by atoms with Crippen LogP contribution in [0.3, 0.4) is 0 Å². The number of fused-ring (bicyclic) bond motifs is 1. The minimum absolute atomic E-state index is 0.0524. The molecule has 3 atom stereocenters. The number of ether oxygens (including phenoxy) is 3. The fourth-order valence-electron chi connectivity index (χ4n) is 5.52. The van der Waals surface area contributed by atoms with E-state index in [4.69, 9.17) is 14.2 Å². The standard InChI is InChI=1S/C32H32FNO4/c1-3-4-23(18-31(35)36-2)22-7-5-21(6-8-22)17-24-9-11-28-27(12-13-29(33)32(24)28)25-10-14-30(34-19-25)38-26-15-16-37-20-26/h5-8,10,12-14,19,23-24,26H,9,11,15-18,20H2,1-2H3/t23-,24-,26?/m0/s1. The highest BCUT2D eigenvalue weighted by atomic mass is 19.1. The van der Waals surface area contributed by atoms with Gasteiger partial charge in [0.25, 0.3) is 0 Å². The number of hydrogen-bond donors (Lipinski definition) is 0. The highest BCUT2D eigenvalue weighted by Gasteiger charge is 2.29. The molecular weight excluding hydrogens is 481 g/mol. The van der Waals surface area contributed by atoms with Crippen molar-refractivity contribution in [3.8, 4) is 28.8 Å². The molecule has 0 spiro atoms. The van der Waals surface area contributed by atoms with Crippen LogP contribution in [0.2, 0.25) is 0 Å². The number of hydrogen-bond acceptors (Lipinski definition) is 5. The molecule has 2 aromatic carbocycles. The van der Waals surface area contributed by atoms with Gasteiger partial charge in [0.15, 0.2) is 0 Å². The van der Waals surface area contributed by atoms with Gasteiger partial charge in [0.05, 0.1) is 32.7 Å². The van der Waals surface area contributed by atoms with E-state index in [0.29, 0.717) is 12.5 Å². The van der Waals surface area contributed by atoms with Crippen molar-refractivity contribution >= 4 is 5.97 Å². The van der Waals surface area contributed by atoms with Crippen molar-refractivity contribution in [2.45, 2.75) is 57.0 Å². The summed E-state index contributed by atoms with van der Waals surface area (Å²) in [4.78, 5) is 16.3. The number of nitrogens with zero attached hydrogens (tertiary/aromatic N) is 1. The van der Waals surface area contributed by atoms with Crippen LogP contribution < -0.4 is 4.74 Å². The number of benzene rings is 2. The van der Waals surface area contributed by atoms with Gasteiger partial charge in [-0.25, -0.2) is 9.37 Å². The zero-order valence-electron chi connectivity index (χ0n) is 21.8. The van der Waals surface area contributed by atoms with E-state index in [9.17, 15) is 4.79 Å². The lowest BCUT2D eigenvalue weighted by Gasteiger charge is -2.16. The monoisotopic (exact) mass is 513 g/mol. The quantitative estimate of drug-likeness (QED) is 0.273. The lowest BCUT2D eigenvalue weighted by atomic mass is 9.89. The molecule has 1 fully saturated rings. The average Bonchev–Trinajstić information content (AvgIpc) is 3.60. The number of carbonyl (C=O) groups is 1. The molecule has 0 amide bonds. The molecule has 0 bridgehead atoms. The molecule has 5 nitrogen and oxygen atoms in total. The molecule has 1 aliphatic heterocycles. The number of aromatic nitrogens is 1. The molecule has 0 saturated carbocycles. The van der Waals surface area contributed by atoms with Crippen LogP contribution in [0, 0.1) is 17.7 Å². The third kappa shape index (κ3) is 5.74. The zero-order chi connectivity index (χ0) is 26.5. The predicted octanol–water partition coefficient (Wildman–Crippen LogP) is 6.00. The number of methoxy groups -OCH3 is 1. The molecule has 1 aromatic heterocycles. The van der Waals surface area contributed by atoms with Crippen molar-refractivity contribution in [3.05, 3.63) is 82.8 Å². The summed E-state index contributed by atoms with van der Waals surface area (Å²) >= 11 is 0. The molecule has 196 valence electrons. The first kappa shape index (κ1) is 25.9. The molecule has 0 radical (unpaired) electrons. The summed E-state index contributed by atoms with van der Waals surface area (Å²) in [5, 5.41) is 0. The highest BCUT2D eigenvalue weighted by Crippen LogP contribution is 2.42. The number of esters is 1. The zero-order valence-corrected chi connectivity index (χ0v) is 21.8. The van der Waals surface area contributed by atoms with E-state index in [1.807, 2.05) is 36.5 Å². The maximum absolute atomic E-state index is 15.1. The number of carbonyl (C=O) groups excluding carboxylic acids is 1. The summed E-state index contributed by atoms with van der Waals surface area (Å²) < 4.78 is 31.2. The second-order valence-corrected chi connectivity index (χ2v) is 9.88. The fraction of sp³-hybridized carbons (Fsp3) is 0.375. The number of pyridine rings is 1. The molecule has 1 unspecified atom stereocenters. The van der Waals surface area contributed by atoms with E-state index >= 15 is 4.39 Å². The Morgan fingerprint density at radius 2 is 2.00 bits per heavy atom. The third-order valence-corrected chi connectivity index (χ3v) is 7.46. The first-order chi connectivity index (χ1) is 18.6. The summed E-state index contributed by atoms with van der Waals surface area (Å²) in [6, 6.07) is 15.5. The first-order valence-corrected chi connectivity index (χ1v) is 13.2. The maximum Gasteiger partial charge on any atom is 0.307 e. The maximum atomic E-state index is 15.1. The molecule has 1 aliphatic carbocycles. The van der Waals surface area contributed by atoms with Crippen LogP contribution in [0.5, 0.6) is 5.88 Å². The van der Waals surface area contributed by atoms with Gasteiger partial charge in [-0.1, -0.05) is 36.3 Å². The van der Waals surface area contributed by atoms with E-state index in [1.54, 1.807) is 13.0 Å². The highest BCUT2D eigenvalue weighted by molar-refractivity contribution is 5.71. The van der Waals surface area contributed by atoms with Crippen LogP contribution in [0.25, 0.3) is 11.1 Å². The molecular formula is C32H32FNO4. The summed E-state index contributed by atoms with van der Waals surface area (Å²) in [6.45, 7) is 3.09. The van der Waals surface area contributed by atoms with Crippen LogP contribution in [0.15, 0.2) is 54.7 Å². The summed E-state index contributed by atoms with van der Waals surface area (Å²) in [5.74, 6) is 6.07. The van der Waals surface area contributed by atoms with Gasteiger partial charge in [0.2, 0.25) is 5.88 Å². The van der Waals surface area contributed by atoms with Gasteiger partial charge in [0, 0.05) is 24.2 Å². The van der Waals surface area contributed by atoms with E-state index in [1.165, 1.54) is 7.11 Å². The molecule has 1 saturated heterocycles. The van der Waals surface area contributed by atoms with E-state index in [0.717, 1.165) is 65.7 Å². The third-order valence-electron chi connectivity index (χ3n) is 7.46. The van der Waals surface area contributed by atoms with E-state index < -0.39 is 0 Å². The topological polar surface area (TPSA) is 57.7 Å². The largest absolute Gasteiger partial charge is 0.472 e. The molecule has 2 heterocycles. The minimum atomic E-state index is -0.281. The first-order valence-electron chi connectivity index (χ1n) is 13.2. The molecule has 5 rings (SSSR count). The molecule has 2 aliphatic rings. The Labute approximate surface area is 223 Å². The Balaban J connectivity index is 1.32. The van der Waals surface area contributed by atoms with E-state index in [-0.39, 0.29) is 36.1 Å². The van der Waals surface area contributed by atoms with Crippen molar-refractivity contribution in [2.24, 2.45) is 0 Å². The second-order valence-electron chi connectivity index (χ2n) is 9.88. The van der Waals surface area contributed by atoms with Crippen molar-refractivity contribution in [1.82, 2.24) is 4.98 Å². The van der Waals surface area contributed by atoms with Gasteiger partial charge in [-0.15, -0.1) is 5.92 Å². The van der Waals surface area contributed by atoms with Crippen LogP contribution >= 0.6 is 0 Å². The van der Waals surface area contributed by atoms with Gasteiger partial charge < -0.3 is 14.2 Å². The van der Waals surface area contributed by atoms with Gasteiger partial charge in [0.1, 0.15) is 11.9 Å². The molecule has 0 N–H and O–H groups in total. The van der Waals surface area contributed by atoms with Gasteiger partial charge in [-0.3, -0.25) is 4.79 Å². The number of halogens is 1. The minimum Gasteiger partial charge on any atom is -0.472 e. The Morgan fingerprint density at radius 3 is 2.68 bits per heavy atom. The van der Waals surface area contributed by atoms with Crippen LogP contribution in [-0.4, -0.2) is 37.4 Å². The van der Waals surface area contributed by atoms with Crippen molar-refractivity contribution in [2.75, 3.05) is 20.3 Å². The lowest BCUT2D eigenvalue weighted by molar-refractivity contribution is -0.140. The SMILES string of the molecule is CC#C[C@@H](CC(=O)OC)c1ccc(C[C@@H]2CCc3c(-c4ccc(OC5CCOC5)nc4)ccc(F)c32)cc1. The van der Waals surface area contributed by atoms with Gasteiger partial charge >= 0.3 is 5.97 Å². The molecule has 38 heavy (non-hydrogen) atoms. The van der Waals surface area contributed by atoms with Gasteiger partial charge in [-0.05, 0) is 72.1 Å². The summed E-state index contributed by atoms with van der Waals surface area (Å²) in [7, 11) is 1.39. The second kappa shape index (κ2) is 11.8. The van der Waals surface area contributed by atoms with Crippen LogP contribution in [0.4, 0.5) is 4.39 Å². The predicted molar refractivity (Wildman–Crippen MR) is 144 cm³/mol. The Bertz CT molecular complexity index is 1330. The van der Waals surface area contributed by atoms with E-state index in [2.05, 4.69) is 29.0 Å². The normalized spacial score (nSPS) is 18.8. The smallest absolute Gasteiger partial charge is 0.307 e. The van der Waals surface area contributed by atoms with Gasteiger partial charge in [-0.2, -0.15) is 0 Å². The lowest BCUT2D eigenvalue weighted by Crippen LogP contribution is -2.16. The summed E-state index contributed by atoms with van der Waals surface area (Å²) in [6.07, 6.45) is 5.44. The summed E-state index contributed by atoms with van der Waals surface area (Å²) in [5.41, 5.74) is 6.00. The van der Waals surface area contributed by atoms with Crippen LogP contribution in [0.1, 0.15) is 60.3 Å². The van der Waals surface area contributed by atoms with Crippen molar-refractivity contribution in [3.63, 3.8) is 0 Å². The van der Waals surface area contributed by atoms with Crippen LogP contribution in [-0.2, 0) is 27.1 Å². The average molecular weight is 514 g/mol.